The third kappa shape index (κ3) is 2.97. The molecule has 1 heteroatoms. The quantitative estimate of drug-likeness (QED) is 0.477. The van der Waals surface area contributed by atoms with Gasteiger partial charge in [-0.3, -0.25) is 4.79 Å². The first-order valence-corrected chi connectivity index (χ1v) is 12.4. The Kier molecular flexibility index (Phi) is 4.76. The summed E-state index contributed by atoms with van der Waals surface area (Å²) < 4.78 is 0. The monoisotopic (exact) mass is 392 g/mol. The van der Waals surface area contributed by atoms with Crippen LogP contribution in [0.1, 0.15) is 94.5 Å². The van der Waals surface area contributed by atoms with E-state index in [-0.39, 0.29) is 11.3 Å². The van der Waals surface area contributed by atoms with Crippen molar-refractivity contribution in [2.75, 3.05) is 0 Å². The third-order valence-corrected chi connectivity index (χ3v) is 10.6. The van der Waals surface area contributed by atoms with E-state index in [9.17, 15) is 4.79 Å². The average molecular weight is 393 g/mol. The second-order valence-corrected chi connectivity index (χ2v) is 11.9. The van der Waals surface area contributed by atoms with Crippen LogP contribution < -0.4 is 0 Å². The number of ketones is 1. The Morgan fingerprint density at radius 2 is 1.55 bits per heavy atom. The molecule has 1 aromatic rings. The lowest BCUT2D eigenvalue weighted by molar-refractivity contribution is -0.114. The van der Waals surface area contributed by atoms with Crippen molar-refractivity contribution in [1.29, 1.82) is 0 Å². The first kappa shape index (κ1) is 19.8. The zero-order chi connectivity index (χ0) is 20.4. The van der Waals surface area contributed by atoms with Crippen LogP contribution >= 0.6 is 0 Å². The van der Waals surface area contributed by atoms with Crippen LogP contribution in [0.3, 0.4) is 0 Å². The van der Waals surface area contributed by atoms with Crippen molar-refractivity contribution in [3.63, 3.8) is 0 Å². The minimum Gasteiger partial charge on any atom is -0.294 e. The van der Waals surface area contributed by atoms with Gasteiger partial charge in [0.05, 0.1) is 0 Å². The first-order chi connectivity index (χ1) is 13.8. The summed E-state index contributed by atoms with van der Waals surface area (Å²) in [5.74, 6) is 5.13. The molecule has 1 nitrogen and oxygen atoms in total. The van der Waals surface area contributed by atoms with Gasteiger partial charge in [0.15, 0.2) is 5.78 Å². The molecule has 0 bridgehead atoms. The number of carbonyl (C=O) groups is 1. The van der Waals surface area contributed by atoms with Gasteiger partial charge in [0.2, 0.25) is 0 Å². The number of Topliss-reactive ketones (excluding diaryl/α,β-unsaturated/α-hetero) is 1. The summed E-state index contributed by atoms with van der Waals surface area (Å²) >= 11 is 0. The molecule has 4 aliphatic rings. The van der Waals surface area contributed by atoms with Crippen molar-refractivity contribution >= 4 is 5.78 Å². The predicted octanol–water partition coefficient (Wildman–Crippen LogP) is 7.47. The van der Waals surface area contributed by atoms with Crippen LogP contribution in [0.25, 0.3) is 0 Å². The molecule has 4 saturated carbocycles. The number of benzene rings is 1. The van der Waals surface area contributed by atoms with E-state index in [2.05, 4.69) is 52.0 Å². The van der Waals surface area contributed by atoms with E-state index in [0.717, 1.165) is 41.6 Å². The molecule has 5 rings (SSSR count). The van der Waals surface area contributed by atoms with Crippen LogP contribution in [-0.4, -0.2) is 5.78 Å². The van der Waals surface area contributed by atoms with Crippen molar-refractivity contribution in [3.05, 3.63) is 35.4 Å². The lowest BCUT2D eigenvalue weighted by Gasteiger charge is -2.61. The number of carbonyl (C=O) groups excluding carboxylic acids is 1. The molecule has 0 saturated heterocycles. The Morgan fingerprint density at radius 1 is 0.862 bits per heavy atom. The normalized spacial score (nSPS) is 46.5. The molecule has 0 amide bonds. The first-order valence-electron chi connectivity index (χ1n) is 12.4. The summed E-state index contributed by atoms with van der Waals surface area (Å²) in [5.41, 5.74) is 3.00. The second kappa shape index (κ2) is 6.96. The fourth-order valence-electron chi connectivity index (χ4n) is 8.82. The maximum absolute atomic E-state index is 13.5. The molecule has 29 heavy (non-hydrogen) atoms. The molecule has 0 heterocycles. The molecule has 158 valence electrons. The van der Waals surface area contributed by atoms with Gasteiger partial charge < -0.3 is 0 Å². The van der Waals surface area contributed by atoms with Gasteiger partial charge in [-0.05, 0) is 98.7 Å². The highest BCUT2D eigenvalue weighted by Gasteiger charge is 2.61. The second-order valence-electron chi connectivity index (χ2n) is 11.9. The standard InChI is InChI=1S/C28H40O/c1-18-5-7-20(8-6-18)26(29)25-12-11-23-22-10-9-21-17-19(2)13-15-27(21,3)24(22)14-16-28(23,25)4/h5-8,19,21-25H,9-17H2,1-4H3. The summed E-state index contributed by atoms with van der Waals surface area (Å²) in [6.07, 6.45) is 12.3. The highest BCUT2D eigenvalue weighted by Crippen LogP contribution is 2.68. The van der Waals surface area contributed by atoms with Crippen LogP contribution in [0, 0.1) is 53.3 Å². The zero-order valence-electron chi connectivity index (χ0n) is 19.0. The number of fused-ring (bicyclic) bond motifs is 5. The van der Waals surface area contributed by atoms with E-state index in [1.165, 1.54) is 56.9 Å². The van der Waals surface area contributed by atoms with Crippen molar-refractivity contribution in [1.82, 2.24) is 0 Å². The Hall–Kier alpha value is -1.11. The van der Waals surface area contributed by atoms with Crippen LogP contribution in [0.2, 0.25) is 0 Å². The number of hydrogen-bond acceptors (Lipinski definition) is 1. The van der Waals surface area contributed by atoms with Crippen molar-refractivity contribution in [2.24, 2.45) is 46.3 Å². The van der Waals surface area contributed by atoms with Gasteiger partial charge in [0.25, 0.3) is 0 Å². The molecule has 1 aromatic carbocycles. The maximum atomic E-state index is 13.5. The van der Waals surface area contributed by atoms with E-state index in [0.29, 0.717) is 11.2 Å². The fraction of sp³-hybridized carbons (Fsp3) is 0.750. The smallest absolute Gasteiger partial charge is 0.166 e. The van der Waals surface area contributed by atoms with E-state index >= 15 is 0 Å². The van der Waals surface area contributed by atoms with Gasteiger partial charge in [0.1, 0.15) is 0 Å². The molecule has 0 spiro atoms. The summed E-state index contributed by atoms with van der Waals surface area (Å²) in [7, 11) is 0. The van der Waals surface area contributed by atoms with E-state index in [1.54, 1.807) is 0 Å². The number of aryl methyl sites for hydroxylation is 1. The minimum absolute atomic E-state index is 0.230. The van der Waals surface area contributed by atoms with Crippen molar-refractivity contribution in [3.8, 4) is 0 Å². The van der Waals surface area contributed by atoms with Crippen LogP contribution in [0.15, 0.2) is 24.3 Å². The predicted molar refractivity (Wildman–Crippen MR) is 120 cm³/mol. The lowest BCUT2D eigenvalue weighted by atomic mass is 9.44. The largest absolute Gasteiger partial charge is 0.294 e. The van der Waals surface area contributed by atoms with E-state index in [4.69, 9.17) is 0 Å². The SMILES string of the molecule is Cc1ccc(C(=O)C2CCC3C4CCC5CC(C)CCC5(C)C4CCC23C)cc1. The zero-order valence-corrected chi connectivity index (χ0v) is 19.0. The van der Waals surface area contributed by atoms with Gasteiger partial charge >= 0.3 is 0 Å². The minimum atomic E-state index is 0.230. The molecule has 4 fully saturated rings. The van der Waals surface area contributed by atoms with E-state index in [1.807, 2.05) is 0 Å². The van der Waals surface area contributed by atoms with Crippen LogP contribution in [0.5, 0.6) is 0 Å². The number of hydrogen-bond donors (Lipinski definition) is 0. The van der Waals surface area contributed by atoms with Gasteiger partial charge in [-0.25, -0.2) is 0 Å². The van der Waals surface area contributed by atoms with Crippen LogP contribution in [-0.2, 0) is 0 Å². The van der Waals surface area contributed by atoms with Gasteiger partial charge in [0, 0.05) is 11.5 Å². The fourth-order valence-corrected chi connectivity index (χ4v) is 8.82. The molecule has 8 atom stereocenters. The lowest BCUT2D eigenvalue weighted by Crippen LogP contribution is -2.53. The molecule has 8 unspecified atom stereocenters. The summed E-state index contributed by atoms with van der Waals surface area (Å²) in [6, 6.07) is 8.33. The van der Waals surface area contributed by atoms with E-state index < -0.39 is 0 Å². The van der Waals surface area contributed by atoms with Crippen LogP contribution in [0.4, 0.5) is 0 Å². The highest BCUT2D eigenvalue weighted by molar-refractivity contribution is 5.98. The van der Waals surface area contributed by atoms with Gasteiger partial charge in [-0.15, -0.1) is 0 Å². The summed E-state index contributed by atoms with van der Waals surface area (Å²) in [5, 5.41) is 0. The maximum Gasteiger partial charge on any atom is 0.166 e. The van der Waals surface area contributed by atoms with Crippen molar-refractivity contribution < 1.29 is 4.79 Å². The Bertz CT molecular complexity index is 778. The topological polar surface area (TPSA) is 17.1 Å². The van der Waals surface area contributed by atoms with Gasteiger partial charge in [-0.2, -0.15) is 0 Å². The Morgan fingerprint density at radius 3 is 2.31 bits per heavy atom. The molecular formula is C28H40O. The molecule has 4 aliphatic carbocycles. The number of rotatable bonds is 2. The molecular weight excluding hydrogens is 352 g/mol. The molecule has 0 aliphatic heterocycles. The summed E-state index contributed by atoms with van der Waals surface area (Å²) in [6.45, 7) is 9.73. The molecule has 0 N–H and O–H groups in total. The highest BCUT2D eigenvalue weighted by atomic mass is 16.1. The third-order valence-electron chi connectivity index (χ3n) is 10.6. The van der Waals surface area contributed by atoms with Crippen molar-refractivity contribution in [2.45, 2.75) is 85.5 Å². The van der Waals surface area contributed by atoms with Gasteiger partial charge in [-0.1, -0.05) is 57.0 Å². The molecule has 0 radical (unpaired) electrons. The molecule has 0 aromatic heterocycles. The summed E-state index contributed by atoms with van der Waals surface area (Å²) in [4.78, 5) is 13.5. The Labute approximate surface area is 178 Å². The Balaban J connectivity index is 1.40. The average Bonchev–Trinajstić information content (AvgIpc) is 3.06.